The van der Waals surface area contributed by atoms with Crippen molar-refractivity contribution < 1.29 is 17.2 Å². The predicted molar refractivity (Wildman–Crippen MR) is 76.3 cm³/mol. The molecule has 7 heteroatoms. The van der Waals surface area contributed by atoms with Crippen molar-refractivity contribution in [2.24, 2.45) is 0 Å². The van der Waals surface area contributed by atoms with Crippen LogP contribution in [-0.2, 0) is 16.6 Å². The molecule has 1 saturated carbocycles. The largest absolute Gasteiger partial charge is 0.310 e. The highest BCUT2D eigenvalue weighted by atomic mass is 32.2. The van der Waals surface area contributed by atoms with Crippen LogP contribution in [0.1, 0.15) is 31.7 Å². The van der Waals surface area contributed by atoms with Gasteiger partial charge in [0.25, 0.3) is 0 Å². The summed E-state index contributed by atoms with van der Waals surface area (Å²) in [5.74, 6) is -1.72. The maximum atomic E-state index is 14.4. The summed E-state index contributed by atoms with van der Waals surface area (Å²) in [6.45, 7) is 2.12. The molecule has 118 valence electrons. The van der Waals surface area contributed by atoms with Crippen molar-refractivity contribution in [1.82, 2.24) is 9.62 Å². The Morgan fingerprint density at radius 2 is 2.00 bits per heavy atom. The zero-order chi connectivity index (χ0) is 15.6. The van der Waals surface area contributed by atoms with E-state index >= 15 is 0 Å². The molecule has 0 spiro atoms. The molecule has 0 saturated heterocycles. The topological polar surface area (TPSA) is 49.4 Å². The SMILES string of the molecule is CCCN(C)S(=O)(=O)c1ccc(F)c(CNC2CC2)c1F. The molecule has 1 aromatic rings. The molecule has 0 radical (unpaired) electrons. The molecular formula is C14H20F2N2O2S. The molecule has 0 aliphatic heterocycles. The van der Waals surface area contributed by atoms with Crippen LogP contribution in [0.15, 0.2) is 17.0 Å². The highest BCUT2D eigenvalue weighted by Gasteiger charge is 2.28. The summed E-state index contributed by atoms with van der Waals surface area (Å²) in [6.07, 6.45) is 2.59. The van der Waals surface area contributed by atoms with Gasteiger partial charge in [0, 0.05) is 31.7 Å². The van der Waals surface area contributed by atoms with Gasteiger partial charge in [0.15, 0.2) is 5.82 Å². The van der Waals surface area contributed by atoms with Gasteiger partial charge in [-0.15, -0.1) is 0 Å². The Labute approximate surface area is 124 Å². The van der Waals surface area contributed by atoms with Gasteiger partial charge in [0.05, 0.1) is 0 Å². The first-order valence-corrected chi connectivity index (χ1v) is 8.48. The molecule has 0 aromatic heterocycles. The molecule has 1 aliphatic rings. The van der Waals surface area contributed by atoms with Crippen LogP contribution in [0, 0.1) is 11.6 Å². The molecule has 0 unspecified atom stereocenters. The summed E-state index contributed by atoms with van der Waals surface area (Å²) in [5.41, 5.74) is -0.215. The number of halogens is 2. The molecule has 0 heterocycles. The third kappa shape index (κ3) is 3.59. The van der Waals surface area contributed by atoms with Crippen LogP contribution < -0.4 is 5.32 Å². The van der Waals surface area contributed by atoms with Crippen molar-refractivity contribution in [2.45, 2.75) is 43.7 Å². The summed E-state index contributed by atoms with van der Waals surface area (Å²) in [5, 5.41) is 3.00. The van der Waals surface area contributed by atoms with Gasteiger partial charge in [0.1, 0.15) is 10.7 Å². The fourth-order valence-electron chi connectivity index (χ4n) is 2.07. The number of hydrogen-bond acceptors (Lipinski definition) is 3. The number of nitrogens with one attached hydrogen (secondary N) is 1. The molecule has 0 atom stereocenters. The quantitative estimate of drug-likeness (QED) is 0.839. The van der Waals surface area contributed by atoms with Crippen molar-refractivity contribution in [3.63, 3.8) is 0 Å². The van der Waals surface area contributed by atoms with Gasteiger partial charge < -0.3 is 5.32 Å². The van der Waals surface area contributed by atoms with E-state index in [1.165, 1.54) is 7.05 Å². The highest BCUT2D eigenvalue weighted by Crippen LogP contribution is 2.25. The number of benzene rings is 1. The normalized spacial score (nSPS) is 15.7. The zero-order valence-electron chi connectivity index (χ0n) is 12.2. The predicted octanol–water partition coefficient (Wildman–Crippen LogP) is 2.25. The first kappa shape index (κ1) is 16.3. The van der Waals surface area contributed by atoms with Gasteiger partial charge in [-0.3, -0.25) is 0 Å². The van der Waals surface area contributed by atoms with Gasteiger partial charge >= 0.3 is 0 Å². The van der Waals surface area contributed by atoms with E-state index in [-0.39, 0.29) is 24.7 Å². The zero-order valence-corrected chi connectivity index (χ0v) is 13.0. The van der Waals surface area contributed by atoms with Crippen molar-refractivity contribution in [3.8, 4) is 0 Å². The van der Waals surface area contributed by atoms with Crippen LogP contribution in [-0.4, -0.2) is 32.4 Å². The molecule has 4 nitrogen and oxygen atoms in total. The Kier molecular flexibility index (Phi) is 4.95. The molecule has 1 aromatic carbocycles. The number of sulfonamides is 1. The molecule has 1 fully saturated rings. The number of hydrogen-bond donors (Lipinski definition) is 1. The van der Waals surface area contributed by atoms with Crippen LogP contribution in [0.4, 0.5) is 8.78 Å². The Hall–Kier alpha value is -1.05. The van der Waals surface area contributed by atoms with Gasteiger partial charge in [-0.1, -0.05) is 6.92 Å². The Balaban J connectivity index is 2.33. The van der Waals surface area contributed by atoms with E-state index in [0.717, 1.165) is 29.3 Å². The summed E-state index contributed by atoms with van der Waals surface area (Å²) < 4.78 is 53.8. The van der Waals surface area contributed by atoms with Gasteiger partial charge in [0.2, 0.25) is 10.0 Å². The minimum absolute atomic E-state index is 0.00316. The second-order valence-corrected chi connectivity index (χ2v) is 7.33. The van der Waals surface area contributed by atoms with Gasteiger partial charge in [-0.05, 0) is 31.4 Å². The van der Waals surface area contributed by atoms with E-state index < -0.39 is 26.6 Å². The molecular weight excluding hydrogens is 298 g/mol. The van der Waals surface area contributed by atoms with E-state index in [0.29, 0.717) is 6.42 Å². The maximum Gasteiger partial charge on any atom is 0.245 e. The molecule has 2 rings (SSSR count). The number of rotatable bonds is 7. The third-order valence-corrected chi connectivity index (χ3v) is 5.40. The summed E-state index contributed by atoms with van der Waals surface area (Å²) in [7, 11) is -2.54. The summed E-state index contributed by atoms with van der Waals surface area (Å²) in [6, 6.07) is 2.29. The van der Waals surface area contributed by atoms with E-state index in [2.05, 4.69) is 5.32 Å². The van der Waals surface area contributed by atoms with Crippen LogP contribution in [0.5, 0.6) is 0 Å². The van der Waals surface area contributed by atoms with Crippen LogP contribution >= 0.6 is 0 Å². The molecule has 0 amide bonds. The summed E-state index contributed by atoms with van der Waals surface area (Å²) >= 11 is 0. The lowest BCUT2D eigenvalue weighted by Gasteiger charge is -2.18. The van der Waals surface area contributed by atoms with E-state index in [4.69, 9.17) is 0 Å². The fourth-order valence-corrected chi connectivity index (χ4v) is 3.42. The smallest absolute Gasteiger partial charge is 0.245 e. The lowest BCUT2D eigenvalue weighted by molar-refractivity contribution is 0.457. The van der Waals surface area contributed by atoms with Crippen LogP contribution in [0.3, 0.4) is 0 Å². The molecule has 1 N–H and O–H groups in total. The van der Waals surface area contributed by atoms with E-state index in [1.54, 1.807) is 0 Å². The maximum absolute atomic E-state index is 14.4. The minimum Gasteiger partial charge on any atom is -0.310 e. The van der Waals surface area contributed by atoms with E-state index in [1.807, 2.05) is 6.92 Å². The Morgan fingerprint density at radius 3 is 2.57 bits per heavy atom. The average Bonchev–Trinajstić information content (AvgIpc) is 3.22. The first-order valence-electron chi connectivity index (χ1n) is 7.04. The lowest BCUT2D eigenvalue weighted by atomic mass is 10.2. The Morgan fingerprint density at radius 1 is 1.33 bits per heavy atom. The lowest BCUT2D eigenvalue weighted by Crippen LogP contribution is -2.29. The van der Waals surface area contributed by atoms with Gasteiger partial charge in [-0.2, -0.15) is 0 Å². The molecule has 0 bridgehead atoms. The second kappa shape index (κ2) is 6.37. The van der Waals surface area contributed by atoms with Crippen molar-refractivity contribution in [2.75, 3.05) is 13.6 Å². The van der Waals surface area contributed by atoms with Crippen molar-refractivity contribution in [3.05, 3.63) is 29.3 Å². The second-order valence-electron chi connectivity index (χ2n) is 5.32. The van der Waals surface area contributed by atoms with Crippen molar-refractivity contribution >= 4 is 10.0 Å². The summed E-state index contributed by atoms with van der Waals surface area (Å²) in [4.78, 5) is -0.465. The van der Waals surface area contributed by atoms with E-state index in [9.17, 15) is 17.2 Å². The van der Waals surface area contributed by atoms with Gasteiger partial charge in [-0.25, -0.2) is 21.5 Å². The average molecular weight is 318 g/mol. The highest BCUT2D eigenvalue weighted by molar-refractivity contribution is 7.89. The molecule has 21 heavy (non-hydrogen) atoms. The first-order chi connectivity index (χ1) is 9.87. The van der Waals surface area contributed by atoms with Crippen LogP contribution in [0.2, 0.25) is 0 Å². The monoisotopic (exact) mass is 318 g/mol. The van der Waals surface area contributed by atoms with Crippen molar-refractivity contribution in [1.29, 1.82) is 0 Å². The standard InChI is InChI=1S/C14H20F2N2O2S/c1-3-8-18(2)21(19,20)13-7-6-12(15)11(14(13)16)9-17-10-4-5-10/h6-7,10,17H,3-5,8-9H2,1-2H3. The van der Waals surface area contributed by atoms with Crippen LogP contribution in [0.25, 0.3) is 0 Å². The third-order valence-electron chi connectivity index (χ3n) is 3.52. The number of nitrogens with zero attached hydrogens (tertiary/aromatic N) is 1. The fraction of sp³-hybridized carbons (Fsp3) is 0.571. The molecule has 1 aliphatic carbocycles. The minimum atomic E-state index is -3.93. The Bertz CT molecular complexity index is 616.